The molecular formula is C15H20O2. The summed E-state index contributed by atoms with van der Waals surface area (Å²) in [6.07, 6.45) is 2.39. The van der Waals surface area contributed by atoms with Crippen LogP contribution in [0.4, 0.5) is 0 Å². The van der Waals surface area contributed by atoms with Crippen LogP contribution in [0.5, 0.6) is 0 Å². The number of carbonyl (C=O) groups excluding carboxylic acids is 2. The normalized spacial score (nSPS) is 12.2. The molecule has 0 amide bonds. The van der Waals surface area contributed by atoms with Gasteiger partial charge in [0.15, 0.2) is 5.78 Å². The van der Waals surface area contributed by atoms with Gasteiger partial charge in [0, 0.05) is 17.9 Å². The van der Waals surface area contributed by atoms with Crippen molar-refractivity contribution in [1.82, 2.24) is 0 Å². The van der Waals surface area contributed by atoms with Gasteiger partial charge in [-0.3, -0.25) is 9.59 Å². The van der Waals surface area contributed by atoms with E-state index in [4.69, 9.17) is 0 Å². The van der Waals surface area contributed by atoms with E-state index < -0.39 is 0 Å². The van der Waals surface area contributed by atoms with E-state index in [1.165, 1.54) is 5.56 Å². The molecule has 0 aliphatic carbocycles. The van der Waals surface area contributed by atoms with Crippen LogP contribution in [0.3, 0.4) is 0 Å². The molecule has 0 saturated heterocycles. The SMILES string of the molecule is CCC(=O)C(C)CCc1ccc(C(C)=O)cc1. The molecule has 2 heteroatoms. The average molecular weight is 232 g/mol. The van der Waals surface area contributed by atoms with Crippen LogP contribution in [0.1, 0.15) is 49.5 Å². The van der Waals surface area contributed by atoms with Crippen LogP contribution in [-0.4, -0.2) is 11.6 Å². The Morgan fingerprint density at radius 1 is 1.18 bits per heavy atom. The first kappa shape index (κ1) is 13.6. The number of benzene rings is 1. The molecule has 2 nitrogen and oxygen atoms in total. The highest BCUT2D eigenvalue weighted by Crippen LogP contribution is 2.13. The number of rotatable bonds is 6. The quantitative estimate of drug-likeness (QED) is 0.704. The lowest BCUT2D eigenvalue weighted by Crippen LogP contribution is -2.10. The lowest BCUT2D eigenvalue weighted by Gasteiger charge is -2.09. The van der Waals surface area contributed by atoms with Gasteiger partial charge in [-0.1, -0.05) is 38.1 Å². The van der Waals surface area contributed by atoms with E-state index >= 15 is 0 Å². The summed E-state index contributed by atoms with van der Waals surface area (Å²) in [5, 5.41) is 0. The van der Waals surface area contributed by atoms with Gasteiger partial charge in [0.1, 0.15) is 5.78 Å². The molecule has 0 bridgehead atoms. The maximum Gasteiger partial charge on any atom is 0.159 e. The van der Waals surface area contributed by atoms with Gasteiger partial charge in [-0.15, -0.1) is 0 Å². The van der Waals surface area contributed by atoms with Crippen molar-refractivity contribution in [3.05, 3.63) is 35.4 Å². The van der Waals surface area contributed by atoms with E-state index in [-0.39, 0.29) is 11.7 Å². The summed E-state index contributed by atoms with van der Waals surface area (Å²) in [6.45, 7) is 5.45. The third-order valence-corrected chi connectivity index (χ3v) is 3.12. The Hall–Kier alpha value is -1.44. The van der Waals surface area contributed by atoms with Gasteiger partial charge in [-0.05, 0) is 25.3 Å². The predicted molar refractivity (Wildman–Crippen MR) is 69.2 cm³/mol. The minimum Gasteiger partial charge on any atom is -0.299 e. The summed E-state index contributed by atoms with van der Waals surface area (Å²) in [6, 6.07) is 7.65. The molecule has 17 heavy (non-hydrogen) atoms. The first-order valence-electron chi connectivity index (χ1n) is 6.17. The third kappa shape index (κ3) is 4.14. The van der Waals surface area contributed by atoms with Crippen LogP contribution in [0.2, 0.25) is 0 Å². The van der Waals surface area contributed by atoms with Gasteiger partial charge in [0.25, 0.3) is 0 Å². The van der Waals surface area contributed by atoms with Gasteiger partial charge < -0.3 is 0 Å². The fraction of sp³-hybridized carbons (Fsp3) is 0.467. The van der Waals surface area contributed by atoms with E-state index in [0.717, 1.165) is 18.4 Å². The monoisotopic (exact) mass is 232 g/mol. The first-order chi connectivity index (χ1) is 8.04. The zero-order chi connectivity index (χ0) is 12.8. The summed E-state index contributed by atoms with van der Waals surface area (Å²) in [4.78, 5) is 22.5. The van der Waals surface area contributed by atoms with Crippen molar-refractivity contribution in [2.75, 3.05) is 0 Å². The highest BCUT2D eigenvalue weighted by atomic mass is 16.1. The molecule has 0 saturated carbocycles. The maximum atomic E-state index is 11.4. The molecule has 1 unspecified atom stereocenters. The molecule has 0 aliphatic heterocycles. The molecule has 0 N–H and O–H groups in total. The van der Waals surface area contributed by atoms with Crippen LogP contribution in [0.25, 0.3) is 0 Å². The van der Waals surface area contributed by atoms with Gasteiger partial charge in [-0.25, -0.2) is 0 Å². The van der Waals surface area contributed by atoms with Crippen molar-refractivity contribution in [2.24, 2.45) is 5.92 Å². The molecular weight excluding hydrogens is 212 g/mol. The standard InChI is InChI=1S/C15H20O2/c1-4-15(17)11(2)5-6-13-7-9-14(10-8-13)12(3)16/h7-11H,4-6H2,1-3H3. The second-order valence-corrected chi connectivity index (χ2v) is 4.51. The number of hydrogen-bond acceptors (Lipinski definition) is 2. The van der Waals surface area contributed by atoms with E-state index in [1.807, 2.05) is 38.1 Å². The Bertz CT molecular complexity index is 390. The van der Waals surface area contributed by atoms with Gasteiger partial charge in [0.05, 0.1) is 0 Å². The zero-order valence-corrected chi connectivity index (χ0v) is 10.8. The molecule has 1 aromatic carbocycles. The van der Waals surface area contributed by atoms with Crippen molar-refractivity contribution in [3.63, 3.8) is 0 Å². The Balaban J connectivity index is 2.53. The van der Waals surface area contributed by atoms with Crippen molar-refractivity contribution in [1.29, 1.82) is 0 Å². The van der Waals surface area contributed by atoms with Gasteiger partial charge in [-0.2, -0.15) is 0 Å². The number of Topliss-reactive ketones (excluding diaryl/α,β-unsaturated/α-hetero) is 2. The highest BCUT2D eigenvalue weighted by molar-refractivity contribution is 5.94. The second-order valence-electron chi connectivity index (χ2n) is 4.51. The fourth-order valence-electron chi connectivity index (χ4n) is 1.80. The lowest BCUT2D eigenvalue weighted by atomic mass is 9.95. The molecule has 1 aromatic rings. The first-order valence-corrected chi connectivity index (χ1v) is 6.17. The smallest absolute Gasteiger partial charge is 0.159 e. The molecule has 1 rings (SSSR count). The van der Waals surface area contributed by atoms with Crippen LogP contribution in [-0.2, 0) is 11.2 Å². The summed E-state index contributed by atoms with van der Waals surface area (Å²) < 4.78 is 0. The van der Waals surface area contributed by atoms with Crippen molar-refractivity contribution < 1.29 is 9.59 Å². The van der Waals surface area contributed by atoms with E-state index in [2.05, 4.69) is 0 Å². The topological polar surface area (TPSA) is 34.1 Å². The minimum atomic E-state index is 0.0890. The number of ketones is 2. The number of carbonyl (C=O) groups is 2. The van der Waals surface area contributed by atoms with Gasteiger partial charge >= 0.3 is 0 Å². The van der Waals surface area contributed by atoms with Crippen LogP contribution < -0.4 is 0 Å². The summed E-state index contributed by atoms with van der Waals surface area (Å²) in [5.74, 6) is 0.545. The molecule has 0 spiro atoms. The van der Waals surface area contributed by atoms with Crippen molar-refractivity contribution in [2.45, 2.75) is 40.0 Å². The fourth-order valence-corrected chi connectivity index (χ4v) is 1.80. The average Bonchev–Trinajstić information content (AvgIpc) is 2.35. The van der Waals surface area contributed by atoms with Crippen LogP contribution >= 0.6 is 0 Å². The second kappa shape index (κ2) is 6.33. The molecule has 0 heterocycles. The zero-order valence-electron chi connectivity index (χ0n) is 10.8. The summed E-state index contributed by atoms with van der Waals surface area (Å²) in [5.41, 5.74) is 1.93. The molecule has 92 valence electrons. The largest absolute Gasteiger partial charge is 0.299 e. The van der Waals surface area contributed by atoms with Crippen LogP contribution in [0, 0.1) is 5.92 Å². The number of hydrogen-bond donors (Lipinski definition) is 0. The van der Waals surface area contributed by atoms with Gasteiger partial charge in [0.2, 0.25) is 0 Å². The Labute approximate surface area is 103 Å². The van der Waals surface area contributed by atoms with E-state index in [9.17, 15) is 9.59 Å². The molecule has 1 atom stereocenters. The highest BCUT2D eigenvalue weighted by Gasteiger charge is 2.10. The maximum absolute atomic E-state index is 11.4. The minimum absolute atomic E-state index is 0.0890. The molecule has 0 aromatic heterocycles. The summed E-state index contributed by atoms with van der Waals surface area (Å²) >= 11 is 0. The third-order valence-electron chi connectivity index (χ3n) is 3.12. The molecule has 0 radical (unpaired) electrons. The van der Waals surface area contributed by atoms with Crippen LogP contribution in [0.15, 0.2) is 24.3 Å². The van der Waals surface area contributed by atoms with E-state index in [0.29, 0.717) is 12.2 Å². The molecule has 0 fully saturated rings. The van der Waals surface area contributed by atoms with Crippen molar-refractivity contribution in [3.8, 4) is 0 Å². The molecule has 0 aliphatic rings. The van der Waals surface area contributed by atoms with E-state index in [1.54, 1.807) is 6.92 Å². The Kier molecular flexibility index (Phi) is 5.08. The Morgan fingerprint density at radius 3 is 2.24 bits per heavy atom. The predicted octanol–water partition coefficient (Wildman–Crippen LogP) is 3.44. The number of aryl methyl sites for hydroxylation is 1. The Morgan fingerprint density at radius 2 is 1.76 bits per heavy atom. The summed E-state index contributed by atoms with van der Waals surface area (Å²) in [7, 11) is 0. The lowest BCUT2D eigenvalue weighted by molar-refractivity contribution is -0.122. The van der Waals surface area contributed by atoms with Crippen molar-refractivity contribution >= 4 is 11.6 Å².